The van der Waals surface area contributed by atoms with Crippen LogP contribution in [0.5, 0.6) is 5.75 Å². The van der Waals surface area contributed by atoms with E-state index in [0.717, 1.165) is 12.1 Å². The van der Waals surface area contributed by atoms with Crippen LogP contribution < -0.4 is 9.64 Å². The third-order valence-electron chi connectivity index (χ3n) is 2.93. The Morgan fingerprint density at radius 1 is 1.43 bits per heavy atom. The lowest BCUT2D eigenvalue weighted by atomic mass is 10.1. The first-order valence-electron chi connectivity index (χ1n) is 5.76. The molecule has 1 atom stereocenters. The molecule has 1 saturated heterocycles. The van der Waals surface area contributed by atoms with Crippen molar-refractivity contribution in [3.63, 3.8) is 0 Å². The van der Waals surface area contributed by atoms with E-state index in [0.29, 0.717) is 0 Å². The molecule has 1 heterocycles. The molecular weight excluding hydrogens is 315 g/mol. The van der Waals surface area contributed by atoms with E-state index in [9.17, 15) is 22.8 Å². The van der Waals surface area contributed by atoms with E-state index in [2.05, 4.69) is 4.74 Å². The summed E-state index contributed by atoms with van der Waals surface area (Å²) < 4.78 is 40.0. The highest BCUT2D eigenvalue weighted by Gasteiger charge is 2.36. The van der Waals surface area contributed by atoms with Gasteiger partial charge in [-0.3, -0.25) is 9.59 Å². The molecule has 1 aliphatic heterocycles. The van der Waals surface area contributed by atoms with Crippen LogP contribution >= 0.6 is 11.6 Å². The van der Waals surface area contributed by atoms with E-state index in [1.807, 2.05) is 0 Å². The van der Waals surface area contributed by atoms with Crippen LogP contribution in [0.4, 0.5) is 18.9 Å². The van der Waals surface area contributed by atoms with Gasteiger partial charge in [-0.2, -0.15) is 0 Å². The Morgan fingerprint density at radius 3 is 2.57 bits per heavy atom. The van der Waals surface area contributed by atoms with Crippen molar-refractivity contribution in [2.45, 2.75) is 12.8 Å². The zero-order chi connectivity index (χ0) is 15.8. The van der Waals surface area contributed by atoms with Crippen LogP contribution in [-0.4, -0.2) is 29.9 Å². The van der Waals surface area contributed by atoms with E-state index in [1.54, 1.807) is 0 Å². The smallest absolute Gasteiger partial charge is 0.481 e. The second kappa shape index (κ2) is 5.44. The Morgan fingerprint density at radius 2 is 2.10 bits per heavy atom. The summed E-state index contributed by atoms with van der Waals surface area (Å²) in [6.07, 6.45) is -5.03. The highest BCUT2D eigenvalue weighted by molar-refractivity contribution is 6.32. The normalized spacial score (nSPS) is 19.0. The van der Waals surface area contributed by atoms with E-state index in [-0.39, 0.29) is 23.7 Å². The van der Waals surface area contributed by atoms with Gasteiger partial charge in [0.05, 0.1) is 10.9 Å². The highest BCUT2D eigenvalue weighted by atomic mass is 35.5. The lowest BCUT2D eigenvalue weighted by molar-refractivity contribution is -0.274. The molecule has 0 bridgehead atoms. The average Bonchev–Trinajstić information content (AvgIpc) is 2.73. The quantitative estimate of drug-likeness (QED) is 0.928. The van der Waals surface area contributed by atoms with Gasteiger partial charge in [0.25, 0.3) is 0 Å². The molecule has 0 spiro atoms. The van der Waals surface area contributed by atoms with E-state index in [4.69, 9.17) is 16.7 Å². The fraction of sp³-hybridized carbons (Fsp3) is 0.333. The van der Waals surface area contributed by atoms with Crippen LogP contribution in [0.15, 0.2) is 18.2 Å². The summed E-state index contributed by atoms with van der Waals surface area (Å²) in [5, 5.41) is 8.55. The molecular formula is C12H9ClF3NO4. The number of carbonyl (C=O) groups is 2. The van der Waals surface area contributed by atoms with Gasteiger partial charge >= 0.3 is 12.3 Å². The average molecular weight is 324 g/mol. The number of hydrogen-bond donors (Lipinski definition) is 1. The van der Waals surface area contributed by atoms with Gasteiger partial charge in [0.15, 0.2) is 0 Å². The molecule has 1 N–H and O–H groups in total. The van der Waals surface area contributed by atoms with Crippen LogP contribution in [0.3, 0.4) is 0 Å². The maximum Gasteiger partial charge on any atom is 0.573 e. The monoisotopic (exact) mass is 323 g/mol. The first-order valence-corrected chi connectivity index (χ1v) is 6.13. The first-order chi connectivity index (χ1) is 9.67. The molecule has 1 amide bonds. The Hall–Kier alpha value is -1.96. The predicted molar refractivity (Wildman–Crippen MR) is 66.2 cm³/mol. The van der Waals surface area contributed by atoms with Crippen molar-refractivity contribution in [3.8, 4) is 5.75 Å². The van der Waals surface area contributed by atoms with E-state index in [1.165, 1.54) is 11.0 Å². The third-order valence-corrected chi connectivity index (χ3v) is 3.22. The number of ether oxygens (including phenoxy) is 1. The van der Waals surface area contributed by atoms with E-state index >= 15 is 0 Å². The minimum atomic E-state index is -4.87. The number of aliphatic carboxylic acids is 1. The van der Waals surface area contributed by atoms with Crippen molar-refractivity contribution < 1.29 is 32.6 Å². The van der Waals surface area contributed by atoms with Crippen LogP contribution in [-0.2, 0) is 9.59 Å². The number of carbonyl (C=O) groups excluding carboxylic acids is 1. The van der Waals surface area contributed by atoms with E-state index < -0.39 is 29.9 Å². The fourth-order valence-corrected chi connectivity index (χ4v) is 2.20. The summed E-state index contributed by atoms with van der Waals surface area (Å²) in [4.78, 5) is 23.7. The summed E-state index contributed by atoms with van der Waals surface area (Å²) in [5.41, 5.74) is 0.225. The molecule has 9 heteroatoms. The standard InChI is InChI=1S/C12H9ClF3NO4/c13-8-4-7(1-2-9(8)21-12(14,15)16)17-5-6(11(19)20)3-10(17)18/h1-2,4,6H,3,5H2,(H,19,20). The van der Waals surface area contributed by atoms with Crippen LogP contribution in [0, 0.1) is 5.92 Å². The summed E-state index contributed by atoms with van der Waals surface area (Å²) in [6, 6.07) is 3.33. The largest absolute Gasteiger partial charge is 0.573 e. The molecule has 114 valence electrons. The summed E-state index contributed by atoms with van der Waals surface area (Å²) in [7, 11) is 0. The molecule has 0 aromatic heterocycles. The zero-order valence-corrected chi connectivity index (χ0v) is 11.1. The van der Waals surface area contributed by atoms with Gasteiger partial charge in [-0.25, -0.2) is 0 Å². The maximum absolute atomic E-state index is 12.1. The molecule has 2 rings (SSSR count). The minimum absolute atomic E-state index is 0.0516. The van der Waals surface area contributed by atoms with Crippen molar-refractivity contribution in [2.24, 2.45) is 5.92 Å². The van der Waals surface area contributed by atoms with Gasteiger partial charge in [-0.15, -0.1) is 13.2 Å². The van der Waals surface area contributed by atoms with Gasteiger partial charge in [0, 0.05) is 18.7 Å². The van der Waals surface area contributed by atoms with Crippen LogP contribution in [0.2, 0.25) is 5.02 Å². The number of nitrogens with zero attached hydrogens (tertiary/aromatic N) is 1. The van der Waals surface area contributed by atoms with Gasteiger partial charge in [0.2, 0.25) is 5.91 Å². The summed E-state index contributed by atoms with van der Waals surface area (Å²) >= 11 is 5.68. The predicted octanol–water partition coefficient (Wildman–Crippen LogP) is 2.68. The molecule has 1 unspecified atom stereocenters. The van der Waals surface area contributed by atoms with Gasteiger partial charge < -0.3 is 14.7 Å². The molecule has 1 fully saturated rings. The Labute approximate surface area is 121 Å². The highest BCUT2D eigenvalue weighted by Crippen LogP contribution is 2.35. The second-order valence-electron chi connectivity index (χ2n) is 4.41. The molecule has 0 saturated carbocycles. The lowest BCUT2D eigenvalue weighted by Crippen LogP contribution is -2.25. The number of hydrogen-bond acceptors (Lipinski definition) is 3. The van der Waals surface area contributed by atoms with Gasteiger partial charge in [-0.05, 0) is 18.2 Å². The summed E-state index contributed by atoms with van der Waals surface area (Å²) in [5.74, 6) is -2.96. The minimum Gasteiger partial charge on any atom is -0.481 e. The Bertz CT molecular complexity index is 590. The third kappa shape index (κ3) is 3.57. The number of carboxylic acid groups (broad SMARTS) is 1. The van der Waals surface area contributed by atoms with Crippen molar-refractivity contribution in [1.82, 2.24) is 0 Å². The van der Waals surface area contributed by atoms with Crippen molar-refractivity contribution in [1.29, 1.82) is 0 Å². The number of rotatable bonds is 3. The first kappa shape index (κ1) is 15.4. The molecule has 1 aliphatic rings. The summed E-state index contributed by atoms with van der Waals surface area (Å²) in [6.45, 7) is -0.0516. The zero-order valence-electron chi connectivity index (χ0n) is 10.4. The SMILES string of the molecule is O=C(O)C1CC(=O)N(c2ccc(OC(F)(F)F)c(Cl)c2)C1. The Balaban J connectivity index is 2.21. The van der Waals surface area contributed by atoms with Crippen molar-refractivity contribution in [3.05, 3.63) is 23.2 Å². The molecule has 1 aromatic carbocycles. The van der Waals surface area contributed by atoms with Crippen LogP contribution in [0.25, 0.3) is 0 Å². The molecule has 5 nitrogen and oxygen atoms in total. The molecule has 21 heavy (non-hydrogen) atoms. The van der Waals surface area contributed by atoms with Gasteiger partial charge in [-0.1, -0.05) is 11.6 Å². The number of amides is 1. The fourth-order valence-electron chi connectivity index (χ4n) is 1.99. The number of anilines is 1. The van der Waals surface area contributed by atoms with Crippen molar-refractivity contribution in [2.75, 3.05) is 11.4 Å². The molecule has 0 aliphatic carbocycles. The van der Waals surface area contributed by atoms with Crippen molar-refractivity contribution >= 4 is 29.2 Å². The van der Waals surface area contributed by atoms with Crippen LogP contribution in [0.1, 0.15) is 6.42 Å². The number of alkyl halides is 3. The Kier molecular flexibility index (Phi) is 3.99. The molecule has 1 aromatic rings. The second-order valence-corrected chi connectivity index (χ2v) is 4.81. The maximum atomic E-state index is 12.1. The number of halogens is 4. The molecule has 0 radical (unpaired) electrons. The lowest BCUT2D eigenvalue weighted by Gasteiger charge is -2.18. The number of benzene rings is 1. The number of carboxylic acids is 1. The van der Waals surface area contributed by atoms with Gasteiger partial charge in [0.1, 0.15) is 5.75 Å². The topological polar surface area (TPSA) is 66.8 Å².